The fourth-order valence-corrected chi connectivity index (χ4v) is 3.85. The average molecular weight is 505 g/mol. The van der Waals surface area contributed by atoms with Gasteiger partial charge < -0.3 is 9.15 Å². The van der Waals surface area contributed by atoms with Gasteiger partial charge in [0, 0.05) is 15.6 Å². The second-order valence-electron chi connectivity index (χ2n) is 9.14. The zero-order chi connectivity index (χ0) is 23.8. The fraction of sp³-hybridized carbons (Fsp3) is 0.214. The van der Waals surface area contributed by atoms with E-state index in [9.17, 15) is 9.59 Å². The summed E-state index contributed by atoms with van der Waals surface area (Å²) < 4.78 is 12.9. The van der Waals surface area contributed by atoms with Crippen LogP contribution in [0.3, 0.4) is 0 Å². The van der Waals surface area contributed by atoms with E-state index in [4.69, 9.17) is 9.15 Å². The van der Waals surface area contributed by atoms with Crippen molar-refractivity contribution in [2.75, 3.05) is 6.61 Å². The van der Waals surface area contributed by atoms with E-state index in [0.29, 0.717) is 22.3 Å². The Labute approximate surface area is 201 Å². The second kappa shape index (κ2) is 8.99. The van der Waals surface area contributed by atoms with Crippen LogP contribution in [-0.2, 0) is 5.41 Å². The number of rotatable bonds is 5. The van der Waals surface area contributed by atoms with Crippen molar-refractivity contribution in [2.45, 2.75) is 33.1 Å². The monoisotopic (exact) mass is 504 g/mol. The molecule has 0 bridgehead atoms. The van der Waals surface area contributed by atoms with Crippen molar-refractivity contribution in [3.8, 4) is 17.1 Å². The van der Waals surface area contributed by atoms with E-state index in [1.54, 1.807) is 30.3 Å². The maximum Gasteiger partial charge on any atom is 0.235 e. The van der Waals surface area contributed by atoms with Crippen molar-refractivity contribution >= 4 is 32.7 Å². The summed E-state index contributed by atoms with van der Waals surface area (Å²) in [5, 5.41) is 0.418. The number of ketones is 1. The quantitative estimate of drug-likeness (QED) is 0.272. The van der Waals surface area contributed by atoms with Gasteiger partial charge in [0.15, 0.2) is 18.2 Å². The van der Waals surface area contributed by atoms with E-state index in [2.05, 4.69) is 36.7 Å². The molecule has 0 atom stereocenters. The Morgan fingerprint density at radius 3 is 2.27 bits per heavy atom. The minimum Gasteiger partial charge on any atom is -0.478 e. The van der Waals surface area contributed by atoms with E-state index in [-0.39, 0.29) is 29.0 Å². The van der Waals surface area contributed by atoms with E-state index in [1.165, 1.54) is 0 Å². The minimum atomic E-state index is -0.297. The van der Waals surface area contributed by atoms with Gasteiger partial charge in [-0.2, -0.15) is 0 Å². The molecular formula is C28H25BrO4. The van der Waals surface area contributed by atoms with Gasteiger partial charge in [0.2, 0.25) is 11.2 Å². The molecule has 0 spiro atoms. The molecule has 0 saturated carbocycles. The zero-order valence-corrected chi connectivity index (χ0v) is 20.7. The van der Waals surface area contributed by atoms with Crippen molar-refractivity contribution < 1.29 is 13.9 Å². The Bertz CT molecular complexity index is 1380. The van der Waals surface area contributed by atoms with Gasteiger partial charge >= 0.3 is 0 Å². The highest BCUT2D eigenvalue weighted by Crippen LogP contribution is 2.33. The molecule has 4 rings (SSSR count). The Morgan fingerprint density at radius 2 is 1.64 bits per heavy atom. The first kappa shape index (κ1) is 23.0. The molecule has 0 saturated heterocycles. The van der Waals surface area contributed by atoms with Crippen molar-refractivity contribution in [3.05, 3.63) is 98.1 Å². The largest absolute Gasteiger partial charge is 0.478 e. The summed E-state index contributed by atoms with van der Waals surface area (Å²) in [6, 6.07) is 20.3. The Morgan fingerprint density at radius 1 is 0.970 bits per heavy atom. The molecule has 1 aromatic heterocycles. The molecule has 0 fully saturated rings. The highest BCUT2D eigenvalue weighted by atomic mass is 79.9. The molecule has 4 nitrogen and oxygen atoms in total. The lowest BCUT2D eigenvalue weighted by atomic mass is 9.86. The topological polar surface area (TPSA) is 56.5 Å². The number of hydrogen-bond acceptors (Lipinski definition) is 4. The molecule has 0 unspecified atom stereocenters. The van der Waals surface area contributed by atoms with Crippen LogP contribution in [-0.4, -0.2) is 12.4 Å². The molecule has 4 aromatic rings. The van der Waals surface area contributed by atoms with Gasteiger partial charge in [0.05, 0.1) is 5.39 Å². The number of benzene rings is 3. The van der Waals surface area contributed by atoms with E-state index in [1.807, 2.05) is 43.3 Å². The lowest BCUT2D eigenvalue weighted by Gasteiger charge is -2.19. The molecule has 1 heterocycles. The molecule has 0 N–H and O–H groups in total. The second-order valence-corrected chi connectivity index (χ2v) is 10.1. The van der Waals surface area contributed by atoms with Gasteiger partial charge in [-0.05, 0) is 47.7 Å². The third kappa shape index (κ3) is 4.93. The number of carbonyl (C=O) groups is 1. The molecule has 168 valence electrons. The van der Waals surface area contributed by atoms with Crippen LogP contribution >= 0.6 is 15.9 Å². The van der Waals surface area contributed by atoms with E-state index >= 15 is 0 Å². The summed E-state index contributed by atoms with van der Waals surface area (Å²) in [5.74, 6) is 0.141. The number of carbonyl (C=O) groups excluding carboxylic acids is 1. The zero-order valence-electron chi connectivity index (χ0n) is 19.1. The van der Waals surface area contributed by atoms with Crippen LogP contribution in [0.4, 0.5) is 0 Å². The number of halogens is 1. The lowest BCUT2D eigenvalue weighted by molar-refractivity contribution is 0.0920. The number of hydrogen-bond donors (Lipinski definition) is 0. The standard InChI is InChI=1S/C28H25BrO4/c1-17-5-14-22-24(15-17)33-26(19-6-10-20(11-7-19)28(2,3)4)27(25(22)31)32-16-23(30)18-8-12-21(29)13-9-18/h5-15H,16H2,1-4H3. The fourth-order valence-electron chi connectivity index (χ4n) is 3.58. The molecule has 0 radical (unpaired) electrons. The Kier molecular flexibility index (Phi) is 6.26. The number of ether oxygens (including phenoxy) is 1. The Balaban J connectivity index is 1.77. The normalized spacial score (nSPS) is 11.5. The molecule has 0 aliphatic rings. The van der Waals surface area contributed by atoms with Crippen LogP contribution in [0, 0.1) is 6.92 Å². The smallest absolute Gasteiger partial charge is 0.235 e. The predicted molar refractivity (Wildman–Crippen MR) is 135 cm³/mol. The summed E-state index contributed by atoms with van der Waals surface area (Å²) in [4.78, 5) is 26.0. The molecule has 0 aliphatic heterocycles. The van der Waals surface area contributed by atoms with Gasteiger partial charge in [0.1, 0.15) is 5.58 Å². The summed E-state index contributed by atoms with van der Waals surface area (Å²) >= 11 is 3.36. The minimum absolute atomic E-state index is 0.00368. The Hall–Kier alpha value is -3.18. The van der Waals surface area contributed by atoms with Crippen LogP contribution in [0.5, 0.6) is 5.75 Å². The van der Waals surface area contributed by atoms with Gasteiger partial charge in [0.25, 0.3) is 0 Å². The van der Waals surface area contributed by atoms with Gasteiger partial charge in [-0.3, -0.25) is 9.59 Å². The van der Waals surface area contributed by atoms with Crippen molar-refractivity contribution in [2.24, 2.45) is 0 Å². The highest BCUT2D eigenvalue weighted by molar-refractivity contribution is 9.10. The van der Waals surface area contributed by atoms with Gasteiger partial charge in [-0.1, -0.05) is 79.2 Å². The maximum absolute atomic E-state index is 13.4. The molecule has 3 aromatic carbocycles. The van der Waals surface area contributed by atoms with E-state index < -0.39 is 0 Å². The van der Waals surface area contributed by atoms with Crippen molar-refractivity contribution in [1.29, 1.82) is 0 Å². The number of Topliss-reactive ketones (excluding diaryl/α,β-unsaturated/α-hetero) is 1. The molecule has 0 amide bonds. The van der Waals surface area contributed by atoms with Crippen LogP contribution < -0.4 is 10.2 Å². The number of aryl methyl sites for hydroxylation is 1. The predicted octanol–water partition coefficient (Wildman–Crippen LogP) is 7.09. The highest BCUT2D eigenvalue weighted by Gasteiger charge is 2.20. The molecule has 0 aliphatic carbocycles. The van der Waals surface area contributed by atoms with E-state index in [0.717, 1.165) is 21.2 Å². The first-order chi connectivity index (χ1) is 15.6. The summed E-state index contributed by atoms with van der Waals surface area (Å²) in [6.45, 7) is 8.10. The van der Waals surface area contributed by atoms with Crippen LogP contribution in [0.2, 0.25) is 0 Å². The third-order valence-corrected chi connectivity index (χ3v) is 6.06. The molecular weight excluding hydrogens is 480 g/mol. The summed E-state index contributed by atoms with van der Waals surface area (Å²) in [7, 11) is 0. The van der Waals surface area contributed by atoms with Crippen LogP contribution in [0.1, 0.15) is 42.3 Å². The van der Waals surface area contributed by atoms with Crippen LogP contribution in [0.15, 0.2) is 80.4 Å². The average Bonchev–Trinajstić information content (AvgIpc) is 2.78. The van der Waals surface area contributed by atoms with Crippen LogP contribution in [0.25, 0.3) is 22.3 Å². The lowest BCUT2D eigenvalue weighted by Crippen LogP contribution is -2.17. The number of fused-ring (bicyclic) bond motifs is 1. The summed E-state index contributed by atoms with van der Waals surface area (Å²) in [6.07, 6.45) is 0. The first-order valence-electron chi connectivity index (χ1n) is 10.7. The SMILES string of the molecule is Cc1ccc2c(=O)c(OCC(=O)c3ccc(Br)cc3)c(-c3ccc(C(C)(C)C)cc3)oc2c1. The first-order valence-corrected chi connectivity index (χ1v) is 11.5. The third-order valence-electron chi connectivity index (χ3n) is 5.53. The molecule has 5 heteroatoms. The maximum atomic E-state index is 13.4. The summed E-state index contributed by atoms with van der Waals surface area (Å²) in [5.41, 5.74) is 3.56. The molecule has 33 heavy (non-hydrogen) atoms. The van der Waals surface area contributed by atoms with Crippen molar-refractivity contribution in [1.82, 2.24) is 0 Å². The van der Waals surface area contributed by atoms with Gasteiger partial charge in [-0.25, -0.2) is 0 Å². The van der Waals surface area contributed by atoms with Crippen molar-refractivity contribution in [3.63, 3.8) is 0 Å². The van der Waals surface area contributed by atoms with Gasteiger partial charge in [-0.15, -0.1) is 0 Å².